The van der Waals surface area contributed by atoms with Crippen LogP contribution in [0.2, 0.25) is 0 Å². The second-order valence-electron chi connectivity index (χ2n) is 6.47. The van der Waals surface area contributed by atoms with Crippen molar-refractivity contribution >= 4 is 11.8 Å². The first-order chi connectivity index (χ1) is 12.7. The molecule has 2 aromatic heterocycles. The van der Waals surface area contributed by atoms with Gasteiger partial charge >= 0.3 is 0 Å². The molecule has 138 valence electrons. The van der Waals surface area contributed by atoms with E-state index >= 15 is 0 Å². The first-order valence-corrected chi connectivity index (χ1v) is 8.87. The van der Waals surface area contributed by atoms with Crippen molar-refractivity contribution < 1.29 is 14.0 Å². The minimum absolute atomic E-state index is 0.00234. The molecule has 0 spiro atoms. The zero-order valence-corrected chi connectivity index (χ0v) is 14.9. The predicted octanol–water partition coefficient (Wildman–Crippen LogP) is 1.11. The number of hydrogen-bond donors (Lipinski definition) is 2. The molecular formula is C19H24N4O3. The van der Waals surface area contributed by atoms with E-state index < -0.39 is 0 Å². The van der Waals surface area contributed by atoms with Gasteiger partial charge < -0.3 is 15.1 Å². The highest BCUT2D eigenvalue weighted by atomic mass is 16.3. The molecule has 1 saturated heterocycles. The normalized spacial score (nSPS) is 20.0. The Kier molecular flexibility index (Phi) is 6.01. The minimum atomic E-state index is -0.259. The Balaban J connectivity index is 1.61. The third-order valence-electron chi connectivity index (χ3n) is 4.46. The maximum Gasteiger partial charge on any atom is 0.237 e. The van der Waals surface area contributed by atoms with Gasteiger partial charge in [-0.3, -0.25) is 19.5 Å². The van der Waals surface area contributed by atoms with Crippen molar-refractivity contribution in [2.75, 3.05) is 13.1 Å². The largest absolute Gasteiger partial charge is 0.472 e. The van der Waals surface area contributed by atoms with Gasteiger partial charge in [0.2, 0.25) is 11.8 Å². The Morgan fingerprint density at radius 3 is 2.92 bits per heavy atom. The molecule has 0 radical (unpaired) electrons. The van der Waals surface area contributed by atoms with E-state index in [1.54, 1.807) is 18.7 Å². The SMILES string of the molecule is CCNC(=O)C1CC(NC(=O)Cc2ccccn2)CN1Cc1ccoc1. The molecule has 2 unspecified atom stereocenters. The average Bonchev–Trinajstić information content (AvgIpc) is 3.26. The Hall–Kier alpha value is -2.67. The second-order valence-corrected chi connectivity index (χ2v) is 6.47. The molecule has 0 aromatic carbocycles. The number of likely N-dealkylation sites (tertiary alicyclic amines) is 1. The summed E-state index contributed by atoms with van der Waals surface area (Å²) in [6, 6.07) is 7.08. The van der Waals surface area contributed by atoms with Crippen molar-refractivity contribution in [1.82, 2.24) is 20.5 Å². The van der Waals surface area contributed by atoms with Crippen molar-refractivity contribution in [2.24, 2.45) is 0 Å². The van der Waals surface area contributed by atoms with Crippen LogP contribution in [0.3, 0.4) is 0 Å². The molecule has 2 N–H and O–H groups in total. The summed E-state index contributed by atoms with van der Waals surface area (Å²) in [6.07, 6.45) is 5.82. The molecule has 0 aliphatic carbocycles. The van der Waals surface area contributed by atoms with Crippen LogP contribution in [0, 0.1) is 0 Å². The van der Waals surface area contributed by atoms with Gasteiger partial charge in [-0.25, -0.2) is 0 Å². The highest BCUT2D eigenvalue weighted by molar-refractivity contribution is 5.83. The zero-order valence-electron chi connectivity index (χ0n) is 14.9. The first kappa shape index (κ1) is 18.1. The van der Waals surface area contributed by atoms with Crippen LogP contribution in [0.4, 0.5) is 0 Å². The van der Waals surface area contributed by atoms with Crippen LogP contribution in [0.1, 0.15) is 24.6 Å². The number of rotatable bonds is 7. The fraction of sp³-hybridized carbons (Fsp3) is 0.421. The van der Waals surface area contributed by atoms with E-state index in [4.69, 9.17) is 4.42 Å². The summed E-state index contributed by atoms with van der Waals surface area (Å²) in [5.74, 6) is -0.0778. The summed E-state index contributed by atoms with van der Waals surface area (Å²) in [4.78, 5) is 31.0. The second kappa shape index (κ2) is 8.62. The molecule has 3 heterocycles. The number of carbonyl (C=O) groups excluding carboxylic acids is 2. The van der Waals surface area contributed by atoms with Gasteiger partial charge in [0, 0.05) is 43.1 Å². The van der Waals surface area contributed by atoms with Crippen molar-refractivity contribution in [1.29, 1.82) is 0 Å². The third kappa shape index (κ3) is 4.70. The smallest absolute Gasteiger partial charge is 0.237 e. The van der Waals surface area contributed by atoms with Crippen LogP contribution in [0.5, 0.6) is 0 Å². The van der Waals surface area contributed by atoms with Crippen molar-refractivity contribution in [2.45, 2.75) is 38.4 Å². The summed E-state index contributed by atoms with van der Waals surface area (Å²) >= 11 is 0. The first-order valence-electron chi connectivity index (χ1n) is 8.87. The molecule has 1 aliphatic rings. The number of nitrogens with zero attached hydrogens (tertiary/aromatic N) is 2. The summed E-state index contributed by atoms with van der Waals surface area (Å²) in [5, 5.41) is 5.92. The Morgan fingerprint density at radius 1 is 1.35 bits per heavy atom. The number of pyridine rings is 1. The topological polar surface area (TPSA) is 87.5 Å². The van der Waals surface area contributed by atoms with Crippen LogP contribution in [-0.2, 0) is 22.6 Å². The Bertz CT molecular complexity index is 718. The van der Waals surface area contributed by atoms with Crippen LogP contribution in [-0.4, -0.2) is 46.9 Å². The Labute approximate surface area is 152 Å². The van der Waals surface area contributed by atoms with E-state index in [2.05, 4.69) is 20.5 Å². The molecule has 0 bridgehead atoms. The molecule has 1 aliphatic heterocycles. The fourth-order valence-electron chi connectivity index (χ4n) is 3.31. The van der Waals surface area contributed by atoms with E-state index in [9.17, 15) is 9.59 Å². The molecule has 2 amide bonds. The Morgan fingerprint density at radius 2 is 2.23 bits per heavy atom. The lowest BCUT2D eigenvalue weighted by molar-refractivity contribution is -0.125. The highest BCUT2D eigenvalue weighted by Gasteiger charge is 2.37. The van der Waals surface area contributed by atoms with E-state index in [0.29, 0.717) is 26.1 Å². The van der Waals surface area contributed by atoms with Gasteiger partial charge in [0.1, 0.15) is 0 Å². The van der Waals surface area contributed by atoms with Gasteiger partial charge in [-0.2, -0.15) is 0 Å². The van der Waals surface area contributed by atoms with E-state index in [0.717, 1.165) is 11.3 Å². The van der Waals surface area contributed by atoms with Gasteiger partial charge in [-0.1, -0.05) is 6.07 Å². The van der Waals surface area contributed by atoms with Crippen molar-refractivity contribution in [3.05, 3.63) is 54.2 Å². The summed E-state index contributed by atoms with van der Waals surface area (Å²) in [6.45, 7) is 3.73. The van der Waals surface area contributed by atoms with Gasteiger partial charge in [0.25, 0.3) is 0 Å². The lowest BCUT2D eigenvalue weighted by Gasteiger charge is -2.22. The van der Waals surface area contributed by atoms with Crippen LogP contribution < -0.4 is 10.6 Å². The molecule has 2 aromatic rings. The summed E-state index contributed by atoms with van der Waals surface area (Å²) < 4.78 is 5.12. The maximum atomic E-state index is 12.4. The van der Waals surface area contributed by atoms with Crippen molar-refractivity contribution in [3.63, 3.8) is 0 Å². The van der Waals surface area contributed by atoms with E-state index in [1.807, 2.05) is 31.2 Å². The highest BCUT2D eigenvalue weighted by Crippen LogP contribution is 2.21. The number of carbonyl (C=O) groups is 2. The minimum Gasteiger partial charge on any atom is -0.472 e. The zero-order chi connectivity index (χ0) is 18.4. The molecule has 2 atom stereocenters. The van der Waals surface area contributed by atoms with Crippen LogP contribution in [0.15, 0.2) is 47.4 Å². The van der Waals surface area contributed by atoms with E-state index in [-0.39, 0.29) is 30.3 Å². The summed E-state index contributed by atoms with van der Waals surface area (Å²) in [5.41, 5.74) is 1.75. The predicted molar refractivity (Wildman–Crippen MR) is 96.1 cm³/mol. The van der Waals surface area contributed by atoms with Gasteiger partial charge in [0.05, 0.1) is 25.0 Å². The number of hydrogen-bond acceptors (Lipinski definition) is 5. The molecular weight excluding hydrogens is 332 g/mol. The van der Waals surface area contributed by atoms with Crippen molar-refractivity contribution in [3.8, 4) is 0 Å². The molecule has 0 saturated carbocycles. The third-order valence-corrected chi connectivity index (χ3v) is 4.46. The number of nitrogens with one attached hydrogen (secondary N) is 2. The lowest BCUT2D eigenvalue weighted by Crippen LogP contribution is -2.42. The standard InChI is InChI=1S/C19H24N4O3/c1-2-20-19(25)17-9-16(12-23(17)11-14-6-8-26-13-14)22-18(24)10-15-5-3-4-7-21-15/h3-8,13,16-17H,2,9-12H2,1H3,(H,20,25)(H,22,24). The van der Waals surface area contributed by atoms with Crippen LogP contribution in [0.25, 0.3) is 0 Å². The monoisotopic (exact) mass is 356 g/mol. The number of aromatic nitrogens is 1. The van der Waals surface area contributed by atoms with E-state index in [1.165, 1.54) is 0 Å². The summed E-state index contributed by atoms with van der Waals surface area (Å²) in [7, 11) is 0. The molecule has 26 heavy (non-hydrogen) atoms. The fourth-order valence-corrected chi connectivity index (χ4v) is 3.31. The van der Waals surface area contributed by atoms with Crippen LogP contribution >= 0.6 is 0 Å². The van der Waals surface area contributed by atoms with Gasteiger partial charge in [0.15, 0.2) is 0 Å². The number of amides is 2. The number of likely N-dealkylation sites (N-methyl/N-ethyl adjacent to an activating group) is 1. The molecule has 7 nitrogen and oxygen atoms in total. The molecule has 7 heteroatoms. The average molecular weight is 356 g/mol. The van der Waals surface area contributed by atoms with Gasteiger partial charge in [-0.05, 0) is 31.5 Å². The molecule has 1 fully saturated rings. The number of furan rings is 1. The quantitative estimate of drug-likeness (QED) is 0.776. The van der Waals surface area contributed by atoms with Gasteiger partial charge in [-0.15, -0.1) is 0 Å². The molecule has 3 rings (SSSR count). The maximum absolute atomic E-state index is 12.4. The lowest BCUT2D eigenvalue weighted by atomic mass is 10.1.